The number of fused-ring (bicyclic) bond motifs is 1. The van der Waals surface area contributed by atoms with Crippen molar-refractivity contribution in [1.82, 2.24) is 10.7 Å². The van der Waals surface area contributed by atoms with Crippen LogP contribution < -0.4 is 16.1 Å². The number of carbonyl (C=O) groups excluding carboxylic acids is 3. The first-order chi connectivity index (χ1) is 12.9. The van der Waals surface area contributed by atoms with Gasteiger partial charge in [0.2, 0.25) is 5.91 Å². The van der Waals surface area contributed by atoms with Crippen LogP contribution in [0.25, 0.3) is 0 Å². The molecule has 1 heterocycles. The average molecular weight is 411 g/mol. The van der Waals surface area contributed by atoms with Crippen LogP contribution in [0.1, 0.15) is 32.1 Å². The van der Waals surface area contributed by atoms with E-state index in [1.54, 1.807) is 0 Å². The summed E-state index contributed by atoms with van der Waals surface area (Å²) in [4.78, 5) is 35.9. The summed E-state index contributed by atoms with van der Waals surface area (Å²) < 4.78 is 0. The van der Waals surface area contributed by atoms with Crippen LogP contribution in [-0.2, 0) is 14.4 Å². The van der Waals surface area contributed by atoms with E-state index in [1.807, 2.05) is 0 Å². The van der Waals surface area contributed by atoms with E-state index in [0.717, 1.165) is 19.3 Å². The standard InChI is InChI=1S/C18H20Cl2N4O3/c19-13-6-5-12(8-14(13)20)22-17(26)18(27)24-21-9-11-7-10-3-1-2-4-15(10)23-16(11)25/h5-6,8-11,15H,1-4,7H2,(H,22,26)(H,23,25)(H,24,27)/b21-9+. The third-order valence-corrected chi connectivity index (χ3v) is 5.67. The molecule has 1 aliphatic heterocycles. The van der Waals surface area contributed by atoms with Crippen LogP contribution in [0, 0.1) is 11.8 Å². The average Bonchev–Trinajstić information content (AvgIpc) is 2.65. The minimum Gasteiger partial charge on any atom is -0.353 e. The highest BCUT2D eigenvalue weighted by atomic mass is 35.5. The Morgan fingerprint density at radius 3 is 2.70 bits per heavy atom. The predicted octanol–water partition coefficient (Wildman–Crippen LogP) is 2.73. The second kappa shape index (κ2) is 8.71. The van der Waals surface area contributed by atoms with Gasteiger partial charge in [-0.2, -0.15) is 5.10 Å². The van der Waals surface area contributed by atoms with Crippen molar-refractivity contribution in [2.45, 2.75) is 38.1 Å². The number of rotatable bonds is 3. The molecule has 0 aromatic heterocycles. The minimum absolute atomic E-state index is 0.0867. The summed E-state index contributed by atoms with van der Waals surface area (Å²) in [6, 6.07) is 4.72. The van der Waals surface area contributed by atoms with Gasteiger partial charge < -0.3 is 10.6 Å². The lowest BCUT2D eigenvalue weighted by atomic mass is 9.76. The molecular weight excluding hydrogens is 391 g/mol. The topological polar surface area (TPSA) is 99.7 Å². The Bertz CT molecular complexity index is 784. The van der Waals surface area contributed by atoms with Gasteiger partial charge in [-0.1, -0.05) is 36.0 Å². The number of amides is 3. The molecule has 1 aromatic carbocycles. The number of hydrazone groups is 1. The second-order valence-electron chi connectivity index (χ2n) is 6.80. The van der Waals surface area contributed by atoms with Crippen molar-refractivity contribution in [1.29, 1.82) is 0 Å². The molecule has 0 spiro atoms. The number of nitrogens with zero attached hydrogens (tertiary/aromatic N) is 1. The third-order valence-electron chi connectivity index (χ3n) is 4.93. The number of halogens is 2. The van der Waals surface area contributed by atoms with Gasteiger partial charge in [0.1, 0.15) is 0 Å². The lowest BCUT2D eigenvalue weighted by molar-refractivity contribution is -0.136. The number of hydrogen-bond donors (Lipinski definition) is 3. The number of hydrogen-bond acceptors (Lipinski definition) is 4. The summed E-state index contributed by atoms with van der Waals surface area (Å²) in [6.07, 6.45) is 6.53. The van der Waals surface area contributed by atoms with E-state index in [9.17, 15) is 14.4 Å². The van der Waals surface area contributed by atoms with E-state index < -0.39 is 17.7 Å². The molecule has 1 aliphatic carbocycles. The molecule has 0 bridgehead atoms. The largest absolute Gasteiger partial charge is 0.353 e. The van der Waals surface area contributed by atoms with Gasteiger partial charge in [0, 0.05) is 17.9 Å². The third kappa shape index (κ3) is 4.99. The molecule has 3 unspecified atom stereocenters. The molecule has 9 heteroatoms. The van der Waals surface area contributed by atoms with Gasteiger partial charge in [0.05, 0.1) is 16.0 Å². The van der Waals surface area contributed by atoms with E-state index in [4.69, 9.17) is 23.2 Å². The molecule has 3 rings (SSSR count). The van der Waals surface area contributed by atoms with Crippen molar-refractivity contribution >= 4 is 52.8 Å². The highest BCUT2D eigenvalue weighted by Gasteiger charge is 2.36. The molecule has 144 valence electrons. The van der Waals surface area contributed by atoms with Gasteiger partial charge >= 0.3 is 11.8 Å². The van der Waals surface area contributed by atoms with Crippen molar-refractivity contribution < 1.29 is 14.4 Å². The molecule has 2 fully saturated rings. The van der Waals surface area contributed by atoms with Crippen molar-refractivity contribution in [2.24, 2.45) is 16.9 Å². The summed E-state index contributed by atoms with van der Waals surface area (Å²) in [5.41, 5.74) is 2.48. The maximum absolute atomic E-state index is 12.1. The highest BCUT2D eigenvalue weighted by Crippen LogP contribution is 2.32. The SMILES string of the molecule is O=C(N/N=C/C1CC2CCCCC2NC1=O)C(=O)Nc1ccc(Cl)c(Cl)c1. The Morgan fingerprint density at radius 1 is 1.15 bits per heavy atom. The molecule has 7 nitrogen and oxygen atoms in total. The van der Waals surface area contributed by atoms with E-state index in [0.29, 0.717) is 23.0 Å². The summed E-state index contributed by atoms with van der Waals surface area (Å²) in [5, 5.41) is 9.81. The lowest BCUT2D eigenvalue weighted by Crippen LogP contribution is -2.51. The van der Waals surface area contributed by atoms with Gasteiger partial charge in [-0.05, 0) is 43.4 Å². The zero-order valence-corrected chi connectivity index (χ0v) is 16.0. The second-order valence-corrected chi connectivity index (χ2v) is 7.62. The molecule has 0 radical (unpaired) electrons. The van der Waals surface area contributed by atoms with E-state index in [1.165, 1.54) is 30.8 Å². The van der Waals surface area contributed by atoms with Crippen molar-refractivity contribution in [3.05, 3.63) is 28.2 Å². The van der Waals surface area contributed by atoms with Crippen LogP contribution >= 0.6 is 23.2 Å². The molecule has 1 saturated carbocycles. The van der Waals surface area contributed by atoms with Gasteiger partial charge in [0.25, 0.3) is 0 Å². The Morgan fingerprint density at radius 2 is 1.93 bits per heavy atom. The fourth-order valence-electron chi connectivity index (χ4n) is 3.53. The Labute approximate surface area is 166 Å². The van der Waals surface area contributed by atoms with Crippen molar-refractivity contribution in [2.75, 3.05) is 5.32 Å². The highest BCUT2D eigenvalue weighted by molar-refractivity contribution is 6.42. The quantitative estimate of drug-likeness (QED) is 0.405. The first kappa shape index (κ1) is 19.6. The number of anilines is 1. The van der Waals surface area contributed by atoms with E-state index in [-0.39, 0.29) is 17.0 Å². The summed E-state index contributed by atoms with van der Waals surface area (Å²) in [6.45, 7) is 0. The molecular formula is C18H20Cl2N4O3. The molecule has 1 saturated heterocycles. The zero-order valence-electron chi connectivity index (χ0n) is 14.5. The maximum atomic E-state index is 12.1. The van der Waals surface area contributed by atoms with Crippen LogP contribution in [0.3, 0.4) is 0 Å². The molecule has 2 aliphatic rings. The van der Waals surface area contributed by atoms with Crippen LogP contribution in [-0.4, -0.2) is 30.0 Å². The van der Waals surface area contributed by atoms with Gasteiger partial charge in [-0.3, -0.25) is 14.4 Å². The number of nitrogens with one attached hydrogen (secondary N) is 3. The van der Waals surface area contributed by atoms with E-state index >= 15 is 0 Å². The van der Waals surface area contributed by atoms with Crippen molar-refractivity contribution in [3.8, 4) is 0 Å². The molecule has 3 N–H and O–H groups in total. The molecule has 27 heavy (non-hydrogen) atoms. The molecule has 1 aromatic rings. The Hall–Kier alpha value is -2.12. The minimum atomic E-state index is -0.941. The van der Waals surface area contributed by atoms with Crippen LogP contribution in [0.5, 0.6) is 0 Å². The van der Waals surface area contributed by atoms with Gasteiger partial charge in [-0.15, -0.1) is 0 Å². The van der Waals surface area contributed by atoms with Crippen LogP contribution in [0.2, 0.25) is 10.0 Å². The number of piperidine rings is 1. The van der Waals surface area contributed by atoms with Gasteiger partial charge in [0.15, 0.2) is 0 Å². The summed E-state index contributed by atoms with van der Waals surface area (Å²) in [5.74, 6) is -1.88. The smallest absolute Gasteiger partial charge is 0.329 e. The molecule has 3 amide bonds. The monoisotopic (exact) mass is 410 g/mol. The van der Waals surface area contributed by atoms with Gasteiger partial charge in [-0.25, -0.2) is 5.43 Å². The first-order valence-electron chi connectivity index (χ1n) is 8.84. The lowest BCUT2D eigenvalue weighted by Gasteiger charge is -2.38. The fraction of sp³-hybridized carbons (Fsp3) is 0.444. The molecule has 3 atom stereocenters. The number of carbonyl (C=O) groups is 3. The van der Waals surface area contributed by atoms with Crippen LogP contribution in [0.15, 0.2) is 23.3 Å². The number of benzene rings is 1. The summed E-state index contributed by atoms with van der Waals surface area (Å²) in [7, 11) is 0. The van der Waals surface area contributed by atoms with Crippen molar-refractivity contribution in [3.63, 3.8) is 0 Å². The zero-order chi connectivity index (χ0) is 19.4. The maximum Gasteiger partial charge on any atom is 0.329 e. The fourth-order valence-corrected chi connectivity index (χ4v) is 3.83. The first-order valence-corrected chi connectivity index (χ1v) is 9.59. The normalized spacial score (nSPS) is 24.8. The summed E-state index contributed by atoms with van der Waals surface area (Å²) >= 11 is 11.7. The Kier molecular flexibility index (Phi) is 6.34. The predicted molar refractivity (Wildman–Crippen MR) is 104 cm³/mol. The van der Waals surface area contributed by atoms with Crippen LogP contribution in [0.4, 0.5) is 5.69 Å². The van der Waals surface area contributed by atoms with E-state index in [2.05, 4.69) is 21.2 Å². The Balaban J connectivity index is 1.51.